The van der Waals surface area contributed by atoms with Crippen molar-refractivity contribution >= 4 is 297 Å². The van der Waals surface area contributed by atoms with E-state index in [9.17, 15) is 0 Å². The van der Waals surface area contributed by atoms with Crippen molar-refractivity contribution in [2.75, 3.05) is 0 Å². The highest BCUT2D eigenvalue weighted by molar-refractivity contribution is 6.82. The average Bonchev–Trinajstić information content (AvgIpc) is 1.73. The predicted octanol–water partition coefficient (Wildman–Crippen LogP) is 19.6. The van der Waals surface area contributed by atoms with Gasteiger partial charge in [-0.1, -0.05) is 60.2 Å². The van der Waals surface area contributed by atoms with E-state index in [0.717, 1.165) is 5.56 Å². The highest BCUT2D eigenvalue weighted by Crippen LogP contribution is 2.87. The fourth-order valence-corrected chi connectivity index (χ4v) is 26.7. The standard InChI is InChI=1S/C76H14O2/c1-11-7-9-13(10-8-11)73-75-68-60-52-42-32-24-16-14-15-18-22-20(16)28-36-30(22)40-34-26(18)27-19(15)23-21-17(14)25(24)33-39-29(21)37-31(23)41-35(27)45-44(34)54-48(40)58-50(36)56(46(52)38(28)32)62(68)66(58)70-64(54)65-55(45)49(41)59-51(37)57-47(39)53(43(33)42)61(60)69(75)63(57)67(59)71(65)76(70,75)74(78-73)72(77)12-5-3-2-4-6-12/h2-10,73-74H,1H3/t73-,74+,75?,76?/m1/s1. The third-order valence-corrected chi connectivity index (χ3v) is 27.2. The first-order valence-electron chi connectivity index (χ1n) is 28.8. The van der Waals surface area contributed by atoms with Crippen LogP contribution in [-0.4, -0.2) is 11.9 Å². The van der Waals surface area contributed by atoms with E-state index >= 15 is 4.79 Å². The van der Waals surface area contributed by atoms with Crippen LogP contribution in [0.3, 0.4) is 0 Å². The van der Waals surface area contributed by atoms with Gasteiger partial charge in [0.05, 0.1) is 16.9 Å². The Balaban J connectivity index is 1.09. The number of Topliss-reactive ketones (excluding diaryl/α,β-unsaturated/α-hetero) is 1. The summed E-state index contributed by atoms with van der Waals surface area (Å²) in [5.74, 6) is 0.141. The molecule has 2 spiro atoms. The van der Waals surface area contributed by atoms with Crippen molar-refractivity contribution in [2.24, 2.45) is 0 Å². The third-order valence-electron chi connectivity index (χ3n) is 27.2. The largest absolute Gasteiger partial charge is 0.359 e. The molecule has 1 fully saturated rings. The van der Waals surface area contributed by atoms with Gasteiger partial charge in [-0.05, 0) is 326 Å². The zero-order chi connectivity index (χ0) is 47.0. The predicted molar refractivity (Wildman–Crippen MR) is 323 cm³/mol. The number of hydrogen-bond donors (Lipinski definition) is 0. The van der Waals surface area contributed by atoms with Crippen molar-refractivity contribution in [1.29, 1.82) is 0 Å². The molecule has 30 aromatic carbocycles. The normalized spacial score (nSPS) is 23.3. The van der Waals surface area contributed by atoms with Gasteiger partial charge < -0.3 is 4.74 Å². The Morgan fingerprint density at radius 2 is 0.500 bits per heavy atom. The summed E-state index contributed by atoms with van der Waals surface area (Å²) in [6.07, 6.45) is -1.20. The number of rotatable bonds is 3. The number of benzene rings is 20. The van der Waals surface area contributed by atoms with Crippen molar-refractivity contribution in [2.45, 2.75) is 30.0 Å². The van der Waals surface area contributed by atoms with Crippen LogP contribution < -0.4 is 0 Å². The molecule has 4 aliphatic carbocycles. The molecule has 0 unspecified atom stereocenters. The van der Waals surface area contributed by atoms with Gasteiger partial charge in [-0.25, -0.2) is 0 Å². The minimum Gasteiger partial charge on any atom is -0.359 e. The van der Waals surface area contributed by atoms with Crippen LogP contribution in [0.1, 0.15) is 49.8 Å². The van der Waals surface area contributed by atoms with E-state index < -0.39 is 23.0 Å². The van der Waals surface area contributed by atoms with Crippen LogP contribution in [-0.2, 0) is 15.6 Å². The number of hydrogen-bond acceptors (Lipinski definition) is 2. The Kier molecular flexibility index (Phi) is 2.78. The van der Waals surface area contributed by atoms with E-state index in [-0.39, 0.29) is 5.78 Å². The van der Waals surface area contributed by atoms with Gasteiger partial charge in [0.15, 0.2) is 5.78 Å². The topological polar surface area (TPSA) is 26.3 Å². The Morgan fingerprint density at radius 3 is 0.744 bits per heavy atom. The summed E-state index contributed by atoms with van der Waals surface area (Å²) in [4.78, 5) is 17.1. The smallest absolute Gasteiger partial charge is 0.192 e. The summed E-state index contributed by atoms with van der Waals surface area (Å²) >= 11 is 0. The van der Waals surface area contributed by atoms with Crippen molar-refractivity contribution in [3.05, 3.63) is 93.5 Å². The maximum Gasteiger partial charge on any atom is 0.192 e. The Labute approximate surface area is 427 Å². The molecule has 1 aliphatic heterocycles. The van der Waals surface area contributed by atoms with Gasteiger partial charge >= 0.3 is 0 Å². The summed E-state index contributed by atoms with van der Waals surface area (Å²) in [5, 5.41) is 84.7. The van der Waals surface area contributed by atoms with Gasteiger partial charge in [0.2, 0.25) is 0 Å². The summed E-state index contributed by atoms with van der Waals surface area (Å²) in [6, 6.07) is 19.9. The van der Waals surface area contributed by atoms with E-state index in [1.165, 1.54) is 98.0 Å². The quantitative estimate of drug-likeness (QED) is 0.130. The highest BCUT2D eigenvalue weighted by atomic mass is 16.5. The lowest BCUT2D eigenvalue weighted by Gasteiger charge is -2.52. The summed E-state index contributed by atoms with van der Waals surface area (Å²) in [7, 11) is 0. The molecule has 0 N–H and O–H groups in total. The molecule has 30 aromatic rings. The molecule has 0 saturated carbocycles. The van der Waals surface area contributed by atoms with Gasteiger partial charge in [-0.15, -0.1) is 0 Å². The Bertz CT molecular complexity index is 7710. The minimum atomic E-state index is -0.860. The molecule has 1 saturated heterocycles. The first-order valence-corrected chi connectivity index (χ1v) is 28.8. The van der Waals surface area contributed by atoms with Crippen LogP contribution in [0.25, 0.3) is 291 Å². The maximum absolute atomic E-state index is 17.1. The lowest BCUT2D eigenvalue weighted by atomic mass is 9.45. The second-order valence-electron chi connectivity index (χ2n) is 27.9. The maximum atomic E-state index is 17.1. The zero-order valence-electron chi connectivity index (χ0n) is 40.2. The van der Waals surface area contributed by atoms with Crippen molar-refractivity contribution in [3.63, 3.8) is 0 Å². The fraction of sp³-hybridized carbons (Fsp3) is 0.0658. The average molecular weight is 959 g/mol. The molecule has 78 heavy (non-hydrogen) atoms. The lowest BCUT2D eigenvalue weighted by molar-refractivity contribution is 0.0260. The molecule has 35 rings (SSSR count). The van der Waals surface area contributed by atoms with E-state index in [0.29, 0.717) is 0 Å². The van der Waals surface area contributed by atoms with Gasteiger partial charge in [0.1, 0.15) is 6.10 Å². The Hall–Kier alpha value is -9.47. The molecule has 0 aromatic heterocycles. The van der Waals surface area contributed by atoms with Crippen LogP contribution in [0, 0.1) is 6.92 Å². The molecule has 2 nitrogen and oxygen atoms in total. The van der Waals surface area contributed by atoms with E-state index in [1.807, 2.05) is 0 Å². The molecule has 5 aliphatic rings. The van der Waals surface area contributed by atoms with Gasteiger partial charge in [-0.2, -0.15) is 0 Å². The molecule has 330 valence electrons. The second-order valence-corrected chi connectivity index (χ2v) is 27.9. The SMILES string of the molecule is Cc1ccc([C@H]2O[C@@H](C(=O)c3ccccc3)C34c5c6c7c8c9c%10c(c%11c%12c3c3c5c5c%13c6c6c7c7c9c9c%14c%10c%10c%11c%11c%12c%12c3c3c5c5c%13c%13c6c6c7c9c7c9c%14c%10c%10c%11c%11c%12c3c3c5c5c%13c6c7c6c9c%10c%11c3c56)C824)cc1. The van der Waals surface area contributed by atoms with Crippen molar-refractivity contribution in [3.8, 4) is 0 Å². The minimum absolute atomic E-state index is 0.141. The number of ketones is 1. The summed E-state index contributed by atoms with van der Waals surface area (Å²) in [5.41, 5.74) is 7.63. The van der Waals surface area contributed by atoms with Crippen LogP contribution in [0.4, 0.5) is 0 Å². The van der Waals surface area contributed by atoms with Crippen molar-refractivity contribution in [1.82, 2.24) is 0 Å². The Morgan fingerprint density at radius 1 is 0.282 bits per heavy atom. The molecular formula is C76H14O2. The second kappa shape index (κ2) is 7.15. The molecule has 0 bridgehead atoms. The van der Waals surface area contributed by atoms with Crippen LogP contribution in [0.15, 0.2) is 54.6 Å². The molecular weight excluding hydrogens is 945 g/mol. The third kappa shape index (κ3) is 1.70. The number of carbonyl (C=O) groups excluding carboxylic acids is 1. The molecule has 0 radical (unpaired) electrons. The van der Waals surface area contributed by atoms with Gasteiger partial charge in [0, 0.05) is 5.56 Å². The lowest BCUT2D eigenvalue weighted by Crippen LogP contribution is -2.56. The first-order chi connectivity index (χ1) is 38.7. The summed E-state index contributed by atoms with van der Waals surface area (Å²) < 4.78 is 8.48. The molecule has 0 amide bonds. The summed E-state index contributed by atoms with van der Waals surface area (Å²) in [6.45, 7) is 2.23. The van der Waals surface area contributed by atoms with E-state index in [1.54, 1.807) is 226 Å². The molecule has 1 heterocycles. The molecule has 2 heteroatoms. The van der Waals surface area contributed by atoms with Crippen molar-refractivity contribution < 1.29 is 9.53 Å². The van der Waals surface area contributed by atoms with Crippen LogP contribution in [0.2, 0.25) is 0 Å². The van der Waals surface area contributed by atoms with Crippen LogP contribution >= 0.6 is 0 Å². The number of ether oxygens (including phenoxy) is 1. The van der Waals surface area contributed by atoms with Crippen LogP contribution in [0.5, 0.6) is 0 Å². The zero-order valence-corrected chi connectivity index (χ0v) is 40.2. The van der Waals surface area contributed by atoms with Gasteiger partial charge in [-0.3, -0.25) is 4.79 Å². The number of aryl methyl sites for hydroxylation is 1. The fourth-order valence-electron chi connectivity index (χ4n) is 26.7. The van der Waals surface area contributed by atoms with E-state index in [4.69, 9.17) is 4.74 Å². The highest BCUT2D eigenvalue weighted by Gasteiger charge is 2.79. The first kappa shape index (κ1) is 30.3. The van der Waals surface area contributed by atoms with E-state index in [2.05, 4.69) is 61.5 Å². The molecule has 2 atom stereocenters. The van der Waals surface area contributed by atoms with Gasteiger partial charge in [0.25, 0.3) is 0 Å². The number of carbonyl (C=O) groups is 1. The monoisotopic (exact) mass is 958 g/mol.